The zero-order valence-corrected chi connectivity index (χ0v) is 11.4. The van der Waals surface area contributed by atoms with E-state index in [1.165, 1.54) is 27.7 Å². The van der Waals surface area contributed by atoms with Crippen molar-refractivity contribution >= 4 is 28.9 Å². The molecule has 0 aliphatic carbocycles. The summed E-state index contributed by atoms with van der Waals surface area (Å²) in [6.07, 6.45) is 1.47. The Labute approximate surface area is 114 Å². The Morgan fingerprint density at radius 3 is 2.50 bits per heavy atom. The number of hydrogen-bond donors (Lipinski definition) is 1. The van der Waals surface area contributed by atoms with Crippen molar-refractivity contribution in [1.82, 2.24) is 14.3 Å². The van der Waals surface area contributed by atoms with Gasteiger partial charge in [0.25, 0.3) is 0 Å². The summed E-state index contributed by atoms with van der Waals surface area (Å²) in [5.74, 6) is 0. The number of nitrogens with zero attached hydrogens (tertiary/aromatic N) is 3. The lowest BCUT2D eigenvalue weighted by molar-refractivity contribution is 0.574. The third kappa shape index (κ3) is 2.11. The number of aromatic nitrogens is 3. The van der Waals surface area contributed by atoms with Crippen molar-refractivity contribution in [2.75, 3.05) is 5.73 Å². The van der Waals surface area contributed by atoms with Crippen LogP contribution in [0.1, 0.15) is 19.9 Å². The van der Waals surface area contributed by atoms with E-state index in [4.69, 9.17) is 28.9 Å². The van der Waals surface area contributed by atoms with Crippen molar-refractivity contribution < 1.29 is 0 Å². The average molecular weight is 287 g/mol. The minimum Gasteiger partial charge on any atom is -0.397 e. The van der Waals surface area contributed by atoms with Gasteiger partial charge in [-0.1, -0.05) is 23.2 Å². The molecule has 2 N–H and O–H groups in total. The fourth-order valence-electron chi connectivity index (χ4n) is 1.55. The summed E-state index contributed by atoms with van der Waals surface area (Å²) in [5, 5.41) is 4.69. The highest BCUT2D eigenvalue weighted by Crippen LogP contribution is 2.28. The van der Waals surface area contributed by atoms with Gasteiger partial charge in [0, 0.05) is 6.04 Å². The maximum absolute atomic E-state index is 12.1. The predicted molar refractivity (Wildman–Crippen MR) is 72.6 cm³/mol. The molecule has 0 bridgehead atoms. The quantitative estimate of drug-likeness (QED) is 0.863. The van der Waals surface area contributed by atoms with Crippen LogP contribution in [0.4, 0.5) is 5.69 Å². The van der Waals surface area contributed by atoms with Crippen LogP contribution >= 0.6 is 23.2 Å². The van der Waals surface area contributed by atoms with Crippen LogP contribution in [0.15, 0.2) is 23.3 Å². The summed E-state index contributed by atoms with van der Waals surface area (Å²) >= 11 is 11.9. The number of anilines is 1. The van der Waals surface area contributed by atoms with Crippen molar-refractivity contribution in [1.29, 1.82) is 0 Å². The first-order valence-electron chi connectivity index (χ1n) is 5.33. The van der Waals surface area contributed by atoms with Crippen LogP contribution in [0.25, 0.3) is 5.69 Å². The summed E-state index contributed by atoms with van der Waals surface area (Å²) in [7, 11) is 0. The highest BCUT2D eigenvalue weighted by atomic mass is 35.5. The van der Waals surface area contributed by atoms with Crippen LogP contribution < -0.4 is 11.4 Å². The monoisotopic (exact) mass is 286 g/mol. The molecule has 7 heteroatoms. The van der Waals surface area contributed by atoms with Gasteiger partial charge in [-0.15, -0.1) is 0 Å². The van der Waals surface area contributed by atoms with Gasteiger partial charge in [0.1, 0.15) is 6.33 Å². The first-order valence-corrected chi connectivity index (χ1v) is 6.08. The van der Waals surface area contributed by atoms with Gasteiger partial charge in [0.05, 0.1) is 21.4 Å². The molecule has 0 aliphatic rings. The van der Waals surface area contributed by atoms with Crippen LogP contribution in [-0.4, -0.2) is 14.3 Å². The lowest BCUT2D eigenvalue weighted by Crippen LogP contribution is -2.25. The van der Waals surface area contributed by atoms with Gasteiger partial charge in [-0.05, 0) is 26.0 Å². The molecule has 0 unspecified atom stereocenters. The molecule has 2 rings (SSSR count). The fourth-order valence-corrected chi connectivity index (χ4v) is 2.01. The predicted octanol–water partition coefficient (Wildman–Crippen LogP) is 2.50. The van der Waals surface area contributed by atoms with E-state index in [2.05, 4.69) is 5.10 Å². The molecule has 5 nitrogen and oxygen atoms in total. The van der Waals surface area contributed by atoms with Gasteiger partial charge in [0.2, 0.25) is 0 Å². The maximum Gasteiger partial charge on any atom is 0.350 e. The Bertz CT molecular complexity index is 645. The Balaban J connectivity index is 2.63. The molecule has 0 aliphatic heterocycles. The molecule has 1 aromatic carbocycles. The van der Waals surface area contributed by atoms with E-state index in [0.29, 0.717) is 21.4 Å². The van der Waals surface area contributed by atoms with E-state index in [1.54, 1.807) is 0 Å². The van der Waals surface area contributed by atoms with Gasteiger partial charge < -0.3 is 5.73 Å². The molecule has 2 aromatic rings. The number of nitrogen functional groups attached to an aromatic ring is 1. The van der Waals surface area contributed by atoms with Crippen LogP contribution in [0.5, 0.6) is 0 Å². The topological polar surface area (TPSA) is 65.8 Å². The normalized spacial score (nSPS) is 11.2. The van der Waals surface area contributed by atoms with Crippen LogP contribution in [0.3, 0.4) is 0 Å². The summed E-state index contributed by atoms with van der Waals surface area (Å²) in [6.45, 7) is 3.79. The number of rotatable bonds is 2. The molecular formula is C11H12Cl2N4O. The van der Waals surface area contributed by atoms with Gasteiger partial charge >= 0.3 is 5.69 Å². The molecule has 0 atom stereocenters. The van der Waals surface area contributed by atoms with Crippen molar-refractivity contribution in [2.24, 2.45) is 0 Å². The third-order valence-corrected chi connectivity index (χ3v) is 3.17. The van der Waals surface area contributed by atoms with Gasteiger partial charge in [-0.25, -0.2) is 4.79 Å². The summed E-state index contributed by atoms with van der Waals surface area (Å²) in [6, 6.07) is 3.05. The molecule has 0 fully saturated rings. The maximum atomic E-state index is 12.1. The zero-order valence-electron chi connectivity index (χ0n) is 9.89. The van der Waals surface area contributed by atoms with E-state index in [-0.39, 0.29) is 11.7 Å². The Morgan fingerprint density at radius 1 is 1.28 bits per heavy atom. The molecule has 96 valence electrons. The molecule has 18 heavy (non-hydrogen) atoms. The second-order valence-corrected chi connectivity index (χ2v) is 4.97. The summed E-state index contributed by atoms with van der Waals surface area (Å²) in [4.78, 5) is 12.1. The minimum absolute atomic E-state index is 0.0228. The first-order chi connectivity index (χ1) is 8.41. The van der Waals surface area contributed by atoms with E-state index < -0.39 is 0 Å². The average Bonchev–Trinajstić information content (AvgIpc) is 2.66. The van der Waals surface area contributed by atoms with Crippen molar-refractivity contribution in [3.8, 4) is 5.69 Å². The van der Waals surface area contributed by atoms with E-state index in [0.717, 1.165) is 0 Å². The largest absolute Gasteiger partial charge is 0.397 e. The van der Waals surface area contributed by atoms with Gasteiger partial charge in [-0.2, -0.15) is 9.78 Å². The number of benzene rings is 1. The highest BCUT2D eigenvalue weighted by Gasteiger charge is 2.13. The molecule has 1 heterocycles. The molecule has 0 spiro atoms. The molecule has 0 saturated carbocycles. The smallest absolute Gasteiger partial charge is 0.350 e. The van der Waals surface area contributed by atoms with Crippen molar-refractivity contribution in [3.63, 3.8) is 0 Å². The first kappa shape index (κ1) is 13.0. The number of nitrogens with two attached hydrogens (primary N) is 1. The van der Waals surface area contributed by atoms with Crippen molar-refractivity contribution in [3.05, 3.63) is 39.0 Å². The SMILES string of the molecule is CC(C)n1cnn(-c2cc(N)c(Cl)cc2Cl)c1=O. The molecule has 0 saturated heterocycles. The van der Waals surface area contributed by atoms with Crippen LogP contribution in [-0.2, 0) is 0 Å². The lowest BCUT2D eigenvalue weighted by Gasteiger charge is -2.06. The number of hydrogen-bond acceptors (Lipinski definition) is 3. The minimum atomic E-state index is -0.270. The number of halogens is 2. The Hall–Kier alpha value is -1.46. The van der Waals surface area contributed by atoms with E-state index >= 15 is 0 Å². The molecule has 0 radical (unpaired) electrons. The summed E-state index contributed by atoms with van der Waals surface area (Å²) in [5.41, 5.74) is 6.20. The fraction of sp³-hybridized carbons (Fsp3) is 0.273. The lowest BCUT2D eigenvalue weighted by atomic mass is 10.3. The Kier molecular flexibility index (Phi) is 3.36. The highest BCUT2D eigenvalue weighted by molar-refractivity contribution is 6.37. The standard InChI is InChI=1S/C11H12Cl2N4O/c1-6(2)16-5-15-17(11(16)18)10-4-9(14)7(12)3-8(10)13/h3-6H,14H2,1-2H3. The third-order valence-electron chi connectivity index (χ3n) is 2.54. The second kappa shape index (κ2) is 4.66. The van der Waals surface area contributed by atoms with E-state index in [9.17, 15) is 4.79 Å². The second-order valence-electron chi connectivity index (χ2n) is 4.15. The van der Waals surface area contributed by atoms with E-state index in [1.807, 2.05) is 13.8 Å². The molecule has 0 amide bonds. The molecule has 1 aromatic heterocycles. The van der Waals surface area contributed by atoms with Crippen molar-refractivity contribution in [2.45, 2.75) is 19.9 Å². The Morgan fingerprint density at radius 2 is 1.94 bits per heavy atom. The van der Waals surface area contributed by atoms with Gasteiger partial charge in [-0.3, -0.25) is 4.57 Å². The zero-order chi connectivity index (χ0) is 13.4. The van der Waals surface area contributed by atoms with Gasteiger partial charge in [0.15, 0.2) is 0 Å². The van der Waals surface area contributed by atoms with Crippen LogP contribution in [0.2, 0.25) is 10.0 Å². The molecular weight excluding hydrogens is 275 g/mol. The summed E-state index contributed by atoms with van der Waals surface area (Å²) < 4.78 is 2.70. The van der Waals surface area contributed by atoms with Crippen LogP contribution in [0, 0.1) is 0 Å².